The van der Waals surface area contributed by atoms with Gasteiger partial charge in [-0.05, 0) is 44.6 Å². The Labute approximate surface area is 182 Å². The van der Waals surface area contributed by atoms with Crippen LogP contribution in [0.15, 0.2) is 24.0 Å². The van der Waals surface area contributed by atoms with Crippen LogP contribution in [0.5, 0.6) is 0 Å². The largest absolute Gasteiger partial charge is 0.353 e. The Balaban J connectivity index is 1.07. The number of carbonyl (C=O) groups excluding carboxylic acids is 2. The highest BCUT2D eigenvalue weighted by molar-refractivity contribution is 6.29. The van der Waals surface area contributed by atoms with E-state index in [-0.39, 0.29) is 23.7 Å². The predicted octanol–water partition coefficient (Wildman–Crippen LogP) is 2.37. The third kappa shape index (κ3) is 3.62. The first kappa shape index (κ1) is 19.9. The molecule has 1 aromatic rings. The molecule has 0 aromatic carbocycles. The lowest BCUT2D eigenvalue weighted by Gasteiger charge is -2.35. The summed E-state index contributed by atoms with van der Waals surface area (Å²) in [4.78, 5) is 40.4. The van der Waals surface area contributed by atoms with Gasteiger partial charge >= 0.3 is 0 Å². The molecule has 160 valence electrons. The van der Waals surface area contributed by atoms with E-state index >= 15 is 0 Å². The van der Waals surface area contributed by atoms with Crippen molar-refractivity contribution in [3.63, 3.8) is 0 Å². The zero-order chi connectivity index (χ0) is 20.7. The summed E-state index contributed by atoms with van der Waals surface area (Å²) in [7, 11) is 0. The normalized spacial score (nSPS) is 28.8. The van der Waals surface area contributed by atoms with Crippen molar-refractivity contribution in [3.05, 3.63) is 29.2 Å². The van der Waals surface area contributed by atoms with E-state index in [0.29, 0.717) is 17.6 Å². The number of nitrogens with zero attached hydrogens (tertiary/aromatic N) is 5. The zero-order valence-electron chi connectivity index (χ0n) is 17.2. The van der Waals surface area contributed by atoms with Gasteiger partial charge in [0.15, 0.2) is 0 Å². The topological polar surface area (TPSA) is 69.6 Å². The number of fused-ring (bicyclic) bond motifs is 5. The summed E-state index contributed by atoms with van der Waals surface area (Å²) >= 11 is 5.95. The maximum absolute atomic E-state index is 12.9. The molecule has 0 N–H and O–H groups in total. The number of rotatable bonds is 6. The molecular formula is C22H28ClN5O2. The minimum absolute atomic E-state index is 0.0112. The minimum Gasteiger partial charge on any atom is -0.353 e. The fraction of sp³-hybridized carbons (Fsp3) is 0.636. The van der Waals surface area contributed by atoms with Crippen LogP contribution in [-0.4, -0.2) is 70.9 Å². The number of imide groups is 1. The molecule has 2 amide bonds. The first-order valence-corrected chi connectivity index (χ1v) is 11.5. The Morgan fingerprint density at radius 1 is 1.00 bits per heavy atom. The molecule has 1 saturated carbocycles. The summed E-state index contributed by atoms with van der Waals surface area (Å²) < 4.78 is 0. The first-order chi connectivity index (χ1) is 14.6. The third-order valence-electron chi connectivity index (χ3n) is 7.21. The second-order valence-electron chi connectivity index (χ2n) is 8.85. The molecule has 2 bridgehead atoms. The van der Waals surface area contributed by atoms with E-state index in [1.54, 1.807) is 17.3 Å². The van der Waals surface area contributed by atoms with Crippen LogP contribution in [0.1, 0.15) is 32.1 Å². The Hall–Kier alpha value is -1.99. The van der Waals surface area contributed by atoms with Gasteiger partial charge in [-0.25, -0.2) is 4.98 Å². The van der Waals surface area contributed by atoms with Gasteiger partial charge in [0.05, 0.1) is 18.3 Å². The number of hydrogen-bond acceptors (Lipinski definition) is 6. The van der Waals surface area contributed by atoms with Crippen LogP contribution in [0.25, 0.3) is 0 Å². The zero-order valence-corrected chi connectivity index (χ0v) is 17.9. The number of carbonyl (C=O) groups is 2. The maximum atomic E-state index is 12.9. The van der Waals surface area contributed by atoms with Gasteiger partial charge in [0.25, 0.3) is 0 Å². The number of halogens is 1. The summed E-state index contributed by atoms with van der Waals surface area (Å²) in [6.45, 7) is 5.30. The number of likely N-dealkylation sites (tertiary alicyclic amines) is 1. The molecule has 8 heteroatoms. The highest BCUT2D eigenvalue weighted by atomic mass is 35.5. The molecule has 7 nitrogen and oxygen atoms in total. The van der Waals surface area contributed by atoms with E-state index in [2.05, 4.69) is 25.8 Å². The smallest absolute Gasteiger partial charge is 0.236 e. The van der Waals surface area contributed by atoms with Crippen molar-refractivity contribution in [2.24, 2.45) is 17.8 Å². The van der Waals surface area contributed by atoms with Gasteiger partial charge in [0, 0.05) is 38.6 Å². The summed E-state index contributed by atoms with van der Waals surface area (Å²) in [5.74, 6) is 1.37. The molecule has 5 rings (SSSR count). The lowest BCUT2D eigenvalue weighted by Crippen LogP contribution is -2.48. The Morgan fingerprint density at radius 3 is 2.60 bits per heavy atom. The Morgan fingerprint density at radius 2 is 1.80 bits per heavy atom. The van der Waals surface area contributed by atoms with Crippen LogP contribution in [0.4, 0.5) is 5.82 Å². The quantitative estimate of drug-likeness (QED) is 0.393. The van der Waals surface area contributed by atoms with Crippen LogP contribution in [0.3, 0.4) is 0 Å². The average molecular weight is 430 g/mol. The number of allylic oxidation sites excluding steroid dienone is 1. The van der Waals surface area contributed by atoms with Gasteiger partial charge in [-0.3, -0.25) is 24.4 Å². The van der Waals surface area contributed by atoms with E-state index in [9.17, 15) is 9.59 Å². The average Bonchev–Trinajstić information content (AvgIpc) is 3.34. The molecule has 2 saturated heterocycles. The number of hydrogen-bond donors (Lipinski definition) is 0. The second kappa shape index (κ2) is 8.27. The molecule has 3 heterocycles. The SMILES string of the molecule is O=C1C2CC(C(=O)N1CCCCN1CCN(c3cncc(Cl)n3)CC1)C1CCC=C21. The molecule has 3 unspecified atom stereocenters. The van der Waals surface area contributed by atoms with Crippen molar-refractivity contribution in [2.45, 2.75) is 32.1 Å². The summed E-state index contributed by atoms with van der Waals surface area (Å²) in [6.07, 6.45) is 10.2. The van der Waals surface area contributed by atoms with E-state index in [0.717, 1.165) is 70.6 Å². The van der Waals surface area contributed by atoms with E-state index in [1.807, 2.05) is 0 Å². The number of piperazine rings is 1. The molecule has 1 aromatic heterocycles. The van der Waals surface area contributed by atoms with Gasteiger partial charge in [-0.1, -0.05) is 23.3 Å². The van der Waals surface area contributed by atoms with Crippen LogP contribution in [0, 0.1) is 17.8 Å². The van der Waals surface area contributed by atoms with Crippen molar-refractivity contribution in [1.82, 2.24) is 19.8 Å². The summed E-state index contributed by atoms with van der Waals surface area (Å²) in [5.41, 5.74) is 1.27. The molecule has 3 atom stereocenters. The molecule has 4 aliphatic rings. The van der Waals surface area contributed by atoms with Crippen molar-refractivity contribution < 1.29 is 9.59 Å². The molecular weight excluding hydrogens is 402 g/mol. The highest BCUT2D eigenvalue weighted by Crippen LogP contribution is 2.51. The Kier molecular flexibility index (Phi) is 5.50. The van der Waals surface area contributed by atoms with Crippen molar-refractivity contribution in [3.8, 4) is 0 Å². The van der Waals surface area contributed by atoms with Crippen molar-refractivity contribution in [1.29, 1.82) is 0 Å². The van der Waals surface area contributed by atoms with Crippen LogP contribution in [-0.2, 0) is 9.59 Å². The monoisotopic (exact) mass is 429 g/mol. The first-order valence-electron chi connectivity index (χ1n) is 11.1. The maximum Gasteiger partial charge on any atom is 0.236 e. The van der Waals surface area contributed by atoms with Gasteiger partial charge < -0.3 is 4.90 Å². The summed E-state index contributed by atoms with van der Waals surface area (Å²) in [6, 6.07) is 0. The Bertz CT molecular complexity index is 867. The minimum atomic E-state index is -0.0112. The predicted molar refractivity (Wildman–Crippen MR) is 114 cm³/mol. The number of anilines is 1. The number of piperidine rings is 1. The van der Waals surface area contributed by atoms with Crippen molar-refractivity contribution in [2.75, 3.05) is 44.2 Å². The lowest BCUT2D eigenvalue weighted by molar-refractivity contribution is -0.153. The van der Waals surface area contributed by atoms with Crippen LogP contribution in [0.2, 0.25) is 5.15 Å². The third-order valence-corrected chi connectivity index (χ3v) is 7.39. The molecule has 30 heavy (non-hydrogen) atoms. The molecule has 3 fully saturated rings. The van der Waals surface area contributed by atoms with Gasteiger partial charge in [-0.2, -0.15) is 0 Å². The molecule has 0 radical (unpaired) electrons. The van der Waals surface area contributed by atoms with Gasteiger partial charge in [0.2, 0.25) is 11.8 Å². The van der Waals surface area contributed by atoms with E-state index in [1.165, 1.54) is 5.57 Å². The lowest BCUT2D eigenvalue weighted by atomic mass is 9.91. The van der Waals surface area contributed by atoms with E-state index < -0.39 is 0 Å². The van der Waals surface area contributed by atoms with Crippen LogP contribution >= 0.6 is 11.6 Å². The van der Waals surface area contributed by atoms with Crippen molar-refractivity contribution >= 4 is 29.2 Å². The molecule has 2 aliphatic carbocycles. The number of unbranched alkanes of at least 4 members (excludes halogenated alkanes) is 1. The standard InChI is InChI=1S/C22H28ClN5O2/c23-19-13-24-14-20(25-19)27-10-8-26(9-11-27)6-1-2-7-28-21(29)17-12-18(22(28)30)16-5-3-4-15(16)17/h4,13-14,16-18H,1-3,5-12H2. The van der Waals surface area contributed by atoms with Gasteiger partial charge in [0.1, 0.15) is 11.0 Å². The van der Waals surface area contributed by atoms with E-state index in [4.69, 9.17) is 11.6 Å². The van der Waals surface area contributed by atoms with Gasteiger partial charge in [-0.15, -0.1) is 0 Å². The fourth-order valence-electron chi connectivity index (χ4n) is 5.66. The highest BCUT2D eigenvalue weighted by Gasteiger charge is 2.53. The second-order valence-corrected chi connectivity index (χ2v) is 9.23. The number of amides is 2. The molecule has 0 spiro atoms. The summed E-state index contributed by atoms with van der Waals surface area (Å²) in [5, 5.41) is 0.421. The molecule has 2 aliphatic heterocycles. The fourth-order valence-corrected chi connectivity index (χ4v) is 5.80. The van der Waals surface area contributed by atoms with Crippen LogP contribution < -0.4 is 4.90 Å². The number of aromatic nitrogens is 2.